The Hall–Kier alpha value is -1.23. The van der Waals surface area contributed by atoms with Crippen molar-refractivity contribution in [1.29, 1.82) is 0 Å². The minimum Gasteiger partial charge on any atom is -0.383 e. The number of rotatable bonds is 4. The number of nitrogens with two attached hydrogens (primary N) is 1. The summed E-state index contributed by atoms with van der Waals surface area (Å²) in [5.74, 6) is 2.34. The molecule has 1 aromatic rings. The minimum atomic E-state index is 0.601. The van der Waals surface area contributed by atoms with Crippen molar-refractivity contribution in [3.63, 3.8) is 0 Å². The van der Waals surface area contributed by atoms with Crippen LogP contribution < -0.4 is 5.73 Å². The predicted octanol–water partition coefficient (Wildman–Crippen LogP) is 2.91. The van der Waals surface area contributed by atoms with Crippen LogP contribution in [0.2, 0.25) is 0 Å². The van der Waals surface area contributed by atoms with Gasteiger partial charge in [-0.1, -0.05) is 13.3 Å². The van der Waals surface area contributed by atoms with Crippen molar-refractivity contribution < 1.29 is 0 Å². The van der Waals surface area contributed by atoms with Gasteiger partial charge in [-0.3, -0.25) is 0 Å². The zero-order valence-electron chi connectivity index (χ0n) is 11.2. The van der Waals surface area contributed by atoms with Crippen LogP contribution in [0.5, 0.6) is 0 Å². The summed E-state index contributed by atoms with van der Waals surface area (Å²) in [7, 11) is 0. The lowest BCUT2D eigenvalue weighted by Crippen LogP contribution is -2.18. The Morgan fingerprint density at radius 2 is 2.22 bits per heavy atom. The van der Waals surface area contributed by atoms with Crippen LogP contribution in [-0.4, -0.2) is 20.7 Å². The van der Waals surface area contributed by atoms with Crippen molar-refractivity contribution in [3.05, 3.63) is 28.2 Å². The first-order chi connectivity index (χ1) is 8.61. The molecule has 98 valence electrons. The molecule has 0 aromatic carbocycles. The fourth-order valence-corrected chi connectivity index (χ4v) is 3.30. The summed E-state index contributed by atoms with van der Waals surface area (Å²) in [6.07, 6.45) is 4.21. The van der Waals surface area contributed by atoms with Gasteiger partial charge in [0.1, 0.15) is 11.6 Å². The smallest absolute Gasteiger partial charge is 0.132 e. The summed E-state index contributed by atoms with van der Waals surface area (Å²) < 4.78 is 0. The second-order valence-electron chi connectivity index (χ2n) is 4.56. The number of anilines is 1. The van der Waals surface area contributed by atoms with Crippen LogP contribution in [0.15, 0.2) is 16.8 Å². The van der Waals surface area contributed by atoms with Crippen molar-refractivity contribution in [2.24, 2.45) is 0 Å². The molecule has 0 saturated carbocycles. The number of aromatic nitrogens is 2. The Morgan fingerprint density at radius 1 is 1.44 bits per heavy atom. The number of nitrogens with zero attached hydrogens (tertiary/aromatic N) is 3. The number of aryl methyl sites for hydroxylation is 1. The average molecular weight is 264 g/mol. The van der Waals surface area contributed by atoms with Gasteiger partial charge in [0.05, 0.1) is 5.88 Å². The van der Waals surface area contributed by atoms with E-state index in [0.29, 0.717) is 5.82 Å². The third-order valence-electron chi connectivity index (χ3n) is 3.13. The highest BCUT2D eigenvalue weighted by Gasteiger charge is 2.20. The van der Waals surface area contributed by atoms with Crippen molar-refractivity contribution in [2.75, 3.05) is 11.6 Å². The van der Waals surface area contributed by atoms with Gasteiger partial charge in [0.15, 0.2) is 0 Å². The van der Waals surface area contributed by atoms with E-state index in [4.69, 9.17) is 5.73 Å². The van der Waals surface area contributed by atoms with Crippen LogP contribution in [0.4, 0.5) is 5.82 Å². The number of hydrogen-bond acceptors (Lipinski definition) is 5. The standard InChI is InChI=1S/C13H20N4S/c1-4-5-12-9(2)17(8-18-12)7-11-6-15-10(3)16-13(11)14/h6H,4-5,7-8H2,1-3H3,(H2,14,15,16). The maximum Gasteiger partial charge on any atom is 0.132 e. The fourth-order valence-electron chi connectivity index (χ4n) is 2.02. The Morgan fingerprint density at radius 3 is 2.89 bits per heavy atom. The first kappa shape index (κ1) is 13.2. The lowest BCUT2D eigenvalue weighted by molar-refractivity contribution is 0.401. The van der Waals surface area contributed by atoms with Gasteiger partial charge in [-0.15, -0.1) is 11.8 Å². The van der Waals surface area contributed by atoms with E-state index in [1.165, 1.54) is 23.4 Å². The van der Waals surface area contributed by atoms with E-state index in [1.54, 1.807) is 0 Å². The minimum absolute atomic E-state index is 0.601. The van der Waals surface area contributed by atoms with Gasteiger partial charge in [-0.05, 0) is 20.3 Å². The molecule has 0 fully saturated rings. The molecule has 1 aromatic heterocycles. The van der Waals surface area contributed by atoms with Gasteiger partial charge >= 0.3 is 0 Å². The Kier molecular flexibility index (Phi) is 4.11. The molecular weight excluding hydrogens is 244 g/mol. The summed E-state index contributed by atoms with van der Waals surface area (Å²) in [5.41, 5.74) is 8.33. The lowest BCUT2D eigenvalue weighted by atomic mass is 10.2. The summed E-state index contributed by atoms with van der Waals surface area (Å²) in [6, 6.07) is 0. The molecule has 0 unspecified atom stereocenters. The van der Waals surface area contributed by atoms with E-state index >= 15 is 0 Å². The topological polar surface area (TPSA) is 55.0 Å². The molecule has 0 aliphatic carbocycles. The van der Waals surface area contributed by atoms with E-state index in [2.05, 4.69) is 28.7 Å². The summed E-state index contributed by atoms with van der Waals surface area (Å²) in [6.45, 7) is 7.07. The molecule has 2 rings (SSSR count). The molecule has 0 atom stereocenters. The zero-order valence-corrected chi connectivity index (χ0v) is 12.0. The van der Waals surface area contributed by atoms with Crippen LogP contribution in [0.3, 0.4) is 0 Å². The van der Waals surface area contributed by atoms with E-state index in [9.17, 15) is 0 Å². The molecule has 1 aliphatic rings. The van der Waals surface area contributed by atoms with Crippen molar-refractivity contribution >= 4 is 17.6 Å². The van der Waals surface area contributed by atoms with Crippen LogP contribution in [0, 0.1) is 6.92 Å². The normalized spacial score (nSPS) is 15.6. The third-order valence-corrected chi connectivity index (χ3v) is 4.42. The summed E-state index contributed by atoms with van der Waals surface area (Å²) in [4.78, 5) is 12.3. The monoisotopic (exact) mass is 264 g/mol. The van der Waals surface area contributed by atoms with Gasteiger partial charge in [0.2, 0.25) is 0 Å². The highest BCUT2D eigenvalue weighted by atomic mass is 32.2. The van der Waals surface area contributed by atoms with Crippen LogP contribution >= 0.6 is 11.8 Å². The molecule has 1 aliphatic heterocycles. The molecule has 0 radical (unpaired) electrons. The molecule has 5 heteroatoms. The second-order valence-corrected chi connectivity index (χ2v) is 5.60. The van der Waals surface area contributed by atoms with Gasteiger partial charge in [-0.25, -0.2) is 9.97 Å². The Bertz CT molecular complexity index is 470. The number of hydrogen-bond donors (Lipinski definition) is 1. The summed E-state index contributed by atoms with van der Waals surface area (Å²) in [5, 5.41) is 0. The molecule has 2 heterocycles. The first-order valence-corrected chi connectivity index (χ1v) is 7.26. The zero-order chi connectivity index (χ0) is 13.1. The quantitative estimate of drug-likeness (QED) is 0.906. The van der Waals surface area contributed by atoms with Gasteiger partial charge in [0.25, 0.3) is 0 Å². The van der Waals surface area contributed by atoms with E-state index in [-0.39, 0.29) is 0 Å². The van der Waals surface area contributed by atoms with Gasteiger partial charge < -0.3 is 10.6 Å². The molecule has 4 nitrogen and oxygen atoms in total. The van der Waals surface area contributed by atoms with E-state index in [1.807, 2.05) is 24.9 Å². The van der Waals surface area contributed by atoms with Crippen molar-refractivity contribution in [1.82, 2.24) is 14.9 Å². The van der Waals surface area contributed by atoms with E-state index in [0.717, 1.165) is 23.8 Å². The maximum absolute atomic E-state index is 5.94. The highest BCUT2D eigenvalue weighted by Crippen LogP contribution is 2.35. The highest BCUT2D eigenvalue weighted by molar-refractivity contribution is 8.03. The largest absolute Gasteiger partial charge is 0.383 e. The number of thioether (sulfide) groups is 1. The molecule has 18 heavy (non-hydrogen) atoms. The van der Waals surface area contributed by atoms with E-state index < -0.39 is 0 Å². The summed E-state index contributed by atoms with van der Waals surface area (Å²) >= 11 is 1.94. The maximum atomic E-state index is 5.94. The predicted molar refractivity (Wildman–Crippen MR) is 76.8 cm³/mol. The van der Waals surface area contributed by atoms with Crippen LogP contribution in [0.25, 0.3) is 0 Å². The molecule has 0 spiro atoms. The number of allylic oxidation sites excluding steroid dienone is 2. The first-order valence-electron chi connectivity index (χ1n) is 6.27. The second kappa shape index (κ2) is 5.61. The Balaban J connectivity index is 2.11. The Labute approximate surface area is 113 Å². The SMILES string of the molecule is CCCC1=C(C)N(Cc2cnc(C)nc2N)CS1. The van der Waals surface area contributed by atoms with Gasteiger partial charge in [0, 0.05) is 28.9 Å². The third kappa shape index (κ3) is 2.77. The van der Waals surface area contributed by atoms with Crippen LogP contribution in [-0.2, 0) is 6.54 Å². The fraction of sp³-hybridized carbons (Fsp3) is 0.538. The molecular formula is C13H20N4S. The van der Waals surface area contributed by atoms with Gasteiger partial charge in [-0.2, -0.15) is 0 Å². The van der Waals surface area contributed by atoms with Crippen molar-refractivity contribution in [3.8, 4) is 0 Å². The number of nitrogen functional groups attached to an aromatic ring is 1. The van der Waals surface area contributed by atoms with Crippen molar-refractivity contribution in [2.45, 2.75) is 40.2 Å². The van der Waals surface area contributed by atoms with Crippen LogP contribution in [0.1, 0.15) is 38.1 Å². The molecule has 0 saturated heterocycles. The molecule has 0 bridgehead atoms. The molecule has 2 N–H and O–H groups in total. The molecule has 0 amide bonds. The average Bonchev–Trinajstić information content (AvgIpc) is 2.66. The lowest BCUT2D eigenvalue weighted by Gasteiger charge is -2.19.